The van der Waals surface area contributed by atoms with Crippen molar-refractivity contribution in [2.45, 2.75) is 38.4 Å². The second-order valence-electron chi connectivity index (χ2n) is 5.73. The van der Waals surface area contributed by atoms with Crippen molar-refractivity contribution in [1.29, 1.82) is 0 Å². The molecule has 0 aromatic heterocycles. The summed E-state index contributed by atoms with van der Waals surface area (Å²) < 4.78 is 24.4. The number of hydrogen-bond acceptors (Lipinski definition) is 5. The maximum Gasteiger partial charge on any atom is 0.167 e. The first-order chi connectivity index (χ1) is 9.89. The van der Waals surface area contributed by atoms with E-state index in [2.05, 4.69) is 5.32 Å². The Bertz CT molecular complexity index is 488. The lowest BCUT2D eigenvalue weighted by Crippen LogP contribution is -2.42. The van der Waals surface area contributed by atoms with Crippen molar-refractivity contribution < 1.29 is 19.0 Å². The molecular formula is C15H23FN2O3. The Hall–Kier alpha value is -1.53. The molecule has 0 bridgehead atoms. The van der Waals surface area contributed by atoms with Crippen LogP contribution in [0.25, 0.3) is 0 Å². The Morgan fingerprint density at radius 2 is 2.10 bits per heavy atom. The SMILES string of the molecule is CC(C)Oc1cc(NCC2(O)CCOCC2)c(N)cc1F. The molecule has 0 radical (unpaired) electrons. The van der Waals surface area contributed by atoms with Gasteiger partial charge in [-0.05, 0) is 13.8 Å². The zero-order valence-corrected chi connectivity index (χ0v) is 12.5. The van der Waals surface area contributed by atoms with E-state index in [0.29, 0.717) is 44.0 Å². The van der Waals surface area contributed by atoms with Gasteiger partial charge >= 0.3 is 0 Å². The predicted molar refractivity (Wildman–Crippen MR) is 80.1 cm³/mol. The number of nitrogens with two attached hydrogens (primary N) is 1. The minimum Gasteiger partial charge on any atom is -0.488 e. The van der Waals surface area contributed by atoms with Gasteiger partial charge < -0.3 is 25.6 Å². The smallest absolute Gasteiger partial charge is 0.167 e. The highest BCUT2D eigenvalue weighted by molar-refractivity contribution is 5.68. The zero-order chi connectivity index (χ0) is 15.5. The lowest BCUT2D eigenvalue weighted by Gasteiger charge is -2.32. The standard InChI is InChI=1S/C15H23FN2O3/c1-10(2)21-14-8-13(12(17)7-11(14)16)18-9-15(19)3-5-20-6-4-15/h7-8,10,18-19H,3-6,9,17H2,1-2H3. The monoisotopic (exact) mass is 298 g/mol. The molecule has 0 unspecified atom stereocenters. The van der Waals surface area contributed by atoms with Crippen LogP contribution in [0.2, 0.25) is 0 Å². The van der Waals surface area contributed by atoms with Crippen molar-refractivity contribution in [3.63, 3.8) is 0 Å². The topological polar surface area (TPSA) is 76.7 Å². The third-order valence-corrected chi connectivity index (χ3v) is 3.50. The number of benzene rings is 1. The molecule has 1 aliphatic heterocycles. The highest BCUT2D eigenvalue weighted by Crippen LogP contribution is 2.30. The van der Waals surface area contributed by atoms with Crippen molar-refractivity contribution in [1.82, 2.24) is 0 Å². The molecule has 5 nitrogen and oxygen atoms in total. The molecule has 1 heterocycles. The molecule has 0 aliphatic carbocycles. The predicted octanol–water partition coefficient (Wildman–Crippen LogP) is 2.15. The third-order valence-electron chi connectivity index (χ3n) is 3.50. The fourth-order valence-electron chi connectivity index (χ4n) is 2.25. The maximum atomic E-state index is 13.8. The van der Waals surface area contributed by atoms with Gasteiger partial charge in [0.05, 0.1) is 23.1 Å². The third kappa shape index (κ3) is 4.22. The maximum absolute atomic E-state index is 13.8. The van der Waals surface area contributed by atoms with E-state index >= 15 is 0 Å². The van der Waals surface area contributed by atoms with Gasteiger partial charge in [0, 0.05) is 44.7 Å². The lowest BCUT2D eigenvalue weighted by molar-refractivity contribution is -0.0543. The highest BCUT2D eigenvalue weighted by atomic mass is 19.1. The molecule has 1 aromatic rings. The number of ether oxygens (including phenoxy) is 2. The minimum atomic E-state index is -0.821. The Labute approximate surface area is 124 Å². The van der Waals surface area contributed by atoms with Crippen molar-refractivity contribution in [3.8, 4) is 5.75 Å². The van der Waals surface area contributed by atoms with Gasteiger partial charge in [-0.2, -0.15) is 0 Å². The van der Waals surface area contributed by atoms with Crippen LogP contribution in [0.3, 0.4) is 0 Å². The van der Waals surface area contributed by atoms with Crippen LogP contribution in [-0.2, 0) is 4.74 Å². The van der Waals surface area contributed by atoms with E-state index in [1.54, 1.807) is 0 Å². The number of anilines is 2. The minimum absolute atomic E-state index is 0.129. The first-order valence-corrected chi connectivity index (χ1v) is 7.19. The molecule has 0 saturated carbocycles. The molecule has 0 amide bonds. The molecule has 1 aromatic carbocycles. The summed E-state index contributed by atoms with van der Waals surface area (Å²) in [6.45, 7) is 5.08. The zero-order valence-electron chi connectivity index (χ0n) is 12.5. The van der Waals surface area contributed by atoms with Crippen molar-refractivity contribution in [2.24, 2.45) is 0 Å². The van der Waals surface area contributed by atoms with Gasteiger partial charge in [0.2, 0.25) is 0 Å². The average molecular weight is 298 g/mol. The van der Waals surface area contributed by atoms with Gasteiger partial charge in [-0.3, -0.25) is 0 Å². The molecular weight excluding hydrogens is 275 g/mol. The first-order valence-electron chi connectivity index (χ1n) is 7.19. The molecule has 1 aliphatic rings. The fraction of sp³-hybridized carbons (Fsp3) is 0.600. The lowest BCUT2D eigenvalue weighted by atomic mass is 9.94. The Kier molecular flexibility index (Phi) is 4.90. The highest BCUT2D eigenvalue weighted by Gasteiger charge is 2.29. The van der Waals surface area contributed by atoms with Crippen LogP contribution >= 0.6 is 0 Å². The molecule has 0 spiro atoms. The summed E-state index contributed by atoms with van der Waals surface area (Å²) in [4.78, 5) is 0. The molecule has 4 N–H and O–H groups in total. The van der Waals surface area contributed by atoms with E-state index in [4.69, 9.17) is 15.2 Å². The summed E-state index contributed by atoms with van der Waals surface area (Å²) in [6, 6.07) is 2.77. The quantitative estimate of drug-likeness (QED) is 0.726. The summed E-state index contributed by atoms with van der Waals surface area (Å²) in [5, 5.41) is 13.5. The largest absolute Gasteiger partial charge is 0.488 e. The number of rotatable bonds is 5. The van der Waals surface area contributed by atoms with E-state index in [-0.39, 0.29) is 11.9 Å². The van der Waals surface area contributed by atoms with Gasteiger partial charge in [0.15, 0.2) is 11.6 Å². The fourth-order valence-corrected chi connectivity index (χ4v) is 2.25. The molecule has 21 heavy (non-hydrogen) atoms. The molecule has 1 saturated heterocycles. The van der Waals surface area contributed by atoms with Gasteiger partial charge in [-0.1, -0.05) is 0 Å². The second-order valence-corrected chi connectivity index (χ2v) is 5.73. The molecule has 1 fully saturated rings. The summed E-state index contributed by atoms with van der Waals surface area (Å²) in [6.07, 6.45) is 1.00. The normalized spacial score (nSPS) is 17.8. The van der Waals surface area contributed by atoms with E-state index < -0.39 is 11.4 Å². The van der Waals surface area contributed by atoms with Crippen molar-refractivity contribution >= 4 is 11.4 Å². The van der Waals surface area contributed by atoms with E-state index in [0.717, 1.165) is 0 Å². The summed E-state index contributed by atoms with van der Waals surface area (Å²) in [5.41, 5.74) is 5.85. The Morgan fingerprint density at radius 1 is 1.43 bits per heavy atom. The molecule has 2 rings (SSSR count). The van der Waals surface area contributed by atoms with Gasteiger partial charge in [-0.15, -0.1) is 0 Å². The van der Waals surface area contributed by atoms with Crippen molar-refractivity contribution in [3.05, 3.63) is 17.9 Å². The molecule has 118 valence electrons. The van der Waals surface area contributed by atoms with Crippen molar-refractivity contribution in [2.75, 3.05) is 30.8 Å². The summed E-state index contributed by atoms with van der Waals surface area (Å²) >= 11 is 0. The van der Waals surface area contributed by atoms with Gasteiger partial charge in [-0.25, -0.2) is 4.39 Å². The number of nitrogens with one attached hydrogen (secondary N) is 1. The number of hydrogen-bond donors (Lipinski definition) is 3. The van der Waals surface area contributed by atoms with Crippen LogP contribution in [0.1, 0.15) is 26.7 Å². The van der Waals surface area contributed by atoms with Crippen LogP contribution < -0.4 is 15.8 Å². The van der Waals surface area contributed by atoms with E-state index in [1.807, 2.05) is 13.8 Å². The average Bonchev–Trinajstić information content (AvgIpc) is 2.41. The van der Waals surface area contributed by atoms with Gasteiger partial charge in [0.1, 0.15) is 0 Å². The van der Waals surface area contributed by atoms with Crippen LogP contribution in [0.15, 0.2) is 12.1 Å². The first kappa shape index (κ1) is 15.9. The van der Waals surface area contributed by atoms with Crippen LogP contribution in [-0.4, -0.2) is 36.6 Å². The van der Waals surface area contributed by atoms with Gasteiger partial charge in [0.25, 0.3) is 0 Å². The number of nitrogen functional groups attached to an aromatic ring is 1. The van der Waals surface area contributed by atoms with Crippen LogP contribution in [0.4, 0.5) is 15.8 Å². The summed E-state index contributed by atoms with van der Waals surface area (Å²) in [5.74, 6) is -0.336. The number of halogens is 1. The van der Waals surface area contributed by atoms with Crippen LogP contribution in [0.5, 0.6) is 5.75 Å². The van der Waals surface area contributed by atoms with E-state index in [9.17, 15) is 9.50 Å². The van der Waals surface area contributed by atoms with E-state index in [1.165, 1.54) is 12.1 Å². The molecule has 6 heteroatoms. The Morgan fingerprint density at radius 3 is 2.71 bits per heavy atom. The second kappa shape index (κ2) is 6.49. The number of aliphatic hydroxyl groups is 1. The Balaban J connectivity index is 2.08. The van der Waals surface area contributed by atoms with Crippen LogP contribution in [0, 0.1) is 5.82 Å². The molecule has 0 atom stereocenters. The summed E-state index contributed by atoms with van der Waals surface area (Å²) in [7, 11) is 0.